The van der Waals surface area contributed by atoms with E-state index in [1.165, 1.54) is 5.56 Å². The average molecular weight is 303 g/mol. The minimum atomic E-state index is 0.129. The highest BCUT2D eigenvalue weighted by Gasteiger charge is 2.18. The molecule has 0 unspecified atom stereocenters. The number of carbonyl (C=O) groups excluding carboxylic acids is 1. The van der Waals surface area contributed by atoms with Gasteiger partial charge in [0.2, 0.25) is 0 Å². The summed E-state index contributed by atoms with van der Waals surface area (Å²) in [4.78, 5) is 11.7. The molecule has 0 bridgehead atoms. The van der Waals surface area contributed by atoms with E-state index in [-0.39, 0.29) is 5.78 Å². The van der Waals surface area contributed by atoms with Crippen molar-refractivity contribution in [1.29, 1.82) is 0 Å². The van der Waals surface area contributed by atoms with Gasteiger partial charge in [-0.25, -0.2) is 0 Å². The zero-order valence-corrected chi connectivity index (χ0v) is 12.2. The molecule has 0 saturated carbocycles. The Hall–Kier alpha value is -2.00. The fraction of sp³-hybridized carbons (Fsp3) is 0.235. The van der Waals surface area contributed by atoms with E-state index in [4.69, 9.17) is 21.1 Å². The Labute approximate surface area is 128 Å². The van der Waals surface area contributed by atoms with Crippen molar-refractivity contribution in [2.75, 3.05) is 13.2 Å². The molecule has 0 aromatic heterocycles. The van der Waals surface area contributed by atoms with Crippen molar-refractivity contribution >= 4 is 17.4 Å². The molecule has 0 N–H and O–H groups in total. The number of fused-ring (bicyclic) bond motifs is 1. The second kappa shape index (κ2) is 6.19. The number of rotatable bonds is 4. The molecule has 4 heteroatoms. The Morgan fingerprint density at radius 2 is 1.95 bits per heavy atom. The molecule has 1 aliphatic heterocycles. The van der Waals surface area contributed by atoms with Gasteiger partial charge in [0, 0.05) is 23.9 Å². The summed E-state index contributed by atoms with van der Waals surface area (Å²) in [6.07, 6.45) is 1.25. The molecule has 0 amide bonds. The van der Waals surface area contributed by atoms with Gasteiger partial charge in [-0.05, 0) is 29.8 Å². The van der Waals surface area contributed by atoms with E-state index in [0.29, 0.717) is 30.9 Å². The van der Waals surface area contributed by atoms with Gasteiger partial charge >= 0.3 is 0 Å². The largest absolute Gasteiger partial charge is 0.493 e. The molecule has 0 fully saturated rings. The van der Waals surface area contributed by atoms with Crippen molar-refractivity contribution in [2.24, 2.45) is 0 Å². The predicted molar refractivity (Wildman–Crippen MR) is 81.5 cm³/mol. The average Bonchev–Trinajstić information content (AvgIpc) is 2.49. The highest BCUT2D eigenvalue weighted by atomic mass is 35.5. The first-order valence-corrected chi connectivity index (χ1v) is 7.27. The zero-order valence-electron chi connectivity index (χ0n) is 11.5. The number of halogens is 1. The van der Waals surface area contributed by atoms with E-state index in [9.17, 15) is 4.79 Å². The summed E-state index contributed by atoms with van der Waals surface area (Å²) in [6, 6.07) is 13.1. The topological polar surface area (TPSA) is 35.5 Å². The summed E-state index contributed by atoms with van der Waals surface area (Å²) < 4.78 is 11.2. The minimum absolute atomic E-state index is 0.129. The molecule has 0 atom stereocenters. The minimum Gasteiger partial charge on any atom is -0.493 e. The zero-order chi connectivity index (χ0) is 14.7. The maximum atomic E-state index is 11.7. The first kappa shape index (κ1) is 14.0. The van der Waals surface area contributed by atoms with E-state index in [2.05, 4.69) is 0 Å². The number of ketones is 1. The van der Waals surface area contributed by atoms with Crippen molar-refractivity contribution < 1.29 is 14.3 Å². The highest BCUT2D eigenvalue weighted by molar-refractivity contribution is 6.30. The summed E-state index contributed by atoms with van der Waals surface area (Å²) >= 11 is 5.85. The molecule has 0 radical (unpaired) electrons. The molecule has 0 saturated heterocycles. The lowest BCUT2D eigenvalue weighted by Crippen LogP contribution is -2.15. The third kappa shape index (κ3) is 3.37. The summed E-state index contributed by atoms with van der Waals surface area (Å²) in [5.74, 6) is 1.47. The monoisotopic (exact) mass is 302 g/mol. The number of hydrogen-bond donors (Lipinski definition) is 0. The molecular weight excluding hydrogens is 288 g/mol. The van der Waals surface area contributed by atoms with Crippen LogP contribution >= 0.6 is 11.6 Å². The van der Waals surface area contributed by atoms with Crippen LogP contribution < -0.4 is 9.47 Å². The van der Waals surface area contributed by atoms with Crippen LogP contribution in [-0.2, 0) is 6.42 Å². The SMILES string of the molecule is O=C1CCOc2cc(OCCc3ccc(Cl)cc3)ccc21. The molecule has 2 aromatic rings. The standard InChI is InChI=1S/C17H15ClO3/c18-13-3-1-12(2-4-13)7-9-20-14-5-6-15-16(19)8-10-21-17(15)11-14/h1-6,11H,7-10H2. The molecule has 21 heavy (non-hydrogen) atoms. The van der Waals surface area contributed by atoms with Crippen molar-refractivity contribution in [3.05, 3.63) is 58.6 Å². The van der Waals surface area contributed by atoms with Crippen LogP contribution in [0.2, 0.25) is 5.02 Å². The quantitative estimate of drug-likeness (QED) is 0.858. The second-order valence-electron chi connectivity index (χ2n) is 4.90. The molecule has 1 aliphatic rings. The van der Waals surface area contributed by atoms with Crippen molar-refractivity contribution in [3.63, 3.8) is 0 Å². The van der Waals surface area contributed by atoms with Crippen molar-refractivity contribution in [3.8, 4) is 11.5 Å². The molecule has 3 nitrogen and oxygen atoms in total. The van der Waals surface area contributed by atoms with Gasteiger partial charge in [0.15, 0.2) is 5.78 Å². The fourth-order valence-electron chi connectivity index (χ4n) is 2.27. The first-order valence-electron chi connectivity index (χ1n) is 6.90. The molecule has 0 aliphatic carbocycles. The lowest BCUT2D eigenvalue weighted by molar-refractivity contribution is 0.0933. The fourth-order valence-corrected chi connectivity index (χ4v) is 2.39. The van der Waals surface area contributed by atoms with Crippen LogP contribution in [0.15, 0.2) is 42.5 Å². The number of ether oxygens (including phenoxy) is 2. The normalized spacial score (nSPS) is 13.5. The molecule has 108 valence electrons. The van der Waals surface area contributed by atoms with E-state index in [1.54, 1.807) is 12.1 Å². The Morgan fingerprint density at radius 3 is 2.76 bits per heavy atom. The van der Waals surface area contributed by atoms with Crippen molar-refractivity contribution in [1.82, 2.24) is 0 Å². The van der Waals surface area contributed by atoms with Gasteiger partial charge in [0.1, 0.15) is 11.5 Å². The van der Waals surface area contributed by atoms with E-state index in [0.717, 1.165) is 17.2 Å². The highest BCUT2D eigenvalue weighted by Crippen LogP contribution is 2.29. The Balaban J connectivity index is 1.61. The molecule has 3 rings (SSSR count). The van der Waals surface area contributed by atoms with Crippen LogP contribution in [0.25, 0.3) is 0 Å². The lowest BCUT2D eigenvalue weighted by Gasteiger charge is -2.17. The van der Waals surface area contributed by atoms with Crippen LogP contribution in [0.1, 0.15) is 22.3 Å². The van der Waals surface area contributed by atoms with Crippen molar-refractivity contribution in [2.45, 2.75) is 12.8 Å². The molecule has 0 spiro atoms. The van der Waals surface area contributed by atoms with Crippen LogP contribution in [0.4, 0.5) is 0 Å². The summed E-state index contributed by atoms with van der Waals surface area (Å²) in [6.45, 7) is 1.01. The van der Waals surface area contributed by atoms with E-state index >= 15 is 0 Å². The van der Waals surface area contributed by atoms with Gasteiger partial charge in [0.05, 0.1) is 18.8 Å². The molecular formula is C17H15ClO3. The maximum Gasteiger partial charge on any atom is 0.169 e. The number of carbonyl (C=O) groups is 1. The molecule has 1 heterocycles. The van der Waals surface area contributed by atoms with Gasteiger partial charge in [-0.3, -0.25) is 4.79 Å². The van der Waals surface area contributed by atoms with E-state index in [1.807, 2.05) is 30.3 Å². The Kier molecular flexibility index (Phi) is 4.11. The van der Waals surface area contributed by atoms with Crippen LogP contribution in [0, 0.1) is 0 Å². The third-order valence-corrected chi connectivity index (χ3v) is 3.66. The van der Waals surface area contributed by atoms with Gasteiger partial charge in [-0.15, -0.1) is 0 Å². The van der Waals surface area contributed by atoms with Crippen LogP contribution in [0.5, 0.6) is 11.5 Å². The smallest absolute Gasteiger partial charge is 0.169 e. The van der Waals surface area contributed by atoms with Gasteiger partial charge in [0.25, 0.3) is 0 Å². The van der Waals surface area contributed by atoms with E-state index < -0.39 is 0 Å². The lowest BCUT2D eigenvalue weighted by atomic mass is 10.1. The molecule has 2 aromatic carbocycles. The number of benzene rings is 2. The first-order chi connectivity index (χ1) is 10.2. The Morgan fingerprint density at radius 1 is 1.14 bits per heavy atom. The van der Waals surface area contributed by atoms with Gasteiger partial charge < -0.3 is 9.47 Å². The number of Topliss-reactive ketones (excluding diaryl/α,β-unsaturated/α-hetero) is 1. The Bertz CT molecular complexity index is 650. The second-order valence-corrected chi connectivity index (χ2v) is 5.34. The van der Waals surface area contributed by atoms with Gasteiger partial charge in [-0.1, -0.05) is 23.7 Å². The van der Waals surface area contributed by atoms with Crippen LogP contribution in [0.3, 0.4) is 0 Å². The summed E-state index contributed by atoms with van der Waals surface area (Å²) in [7, 11) is 0. The number of hydrogen-bond acceptors (Lipinski definition) is 3. The van der Waals surface area contributed by atoms with Gasteiger partial charge in [-0.2, -0.15) is 0 Å². The predicted octanol–water partition coefficient (Wildman–Crippen LogP) is 3.93. The summed E-state index contributed by atoms with van der Waals surface area (Å²) in [5.41, 5.74) is 1.81. The van der Waals surface area contributed by atoms with Crippen LogP contribution in [-0.4, -0.2) is 19.0 Å². The summed E-state index contributed by atoms with van der Waals surface area (Å²) in [5, 5.41) is 0.733. The third-order valence-electron chi connectivity index (χ3n) is 3.41. The maximum absolute atomic E-state index is 11.7.